The molecule has 1 saturated carbocycles. The van der Waals surface area contributed by atoms with Crippen LogP contribution in [0.5, 0.6) is 0 Å². The molecule has 19 heavy (non-hydrogen) atoms. The van der Waals surface area contributed by atoms with Gasteiger partial charge in [0.25, 0.3) is 0 Å². The van der Waals surface area contributed by atoms with Crippen LogP contribution in [0.2, 0.25) is 0 Å². The lowest BCUT2D eigenvalue weighted by Gasteiger charge is -2.09. The van der Waals surface area contributed by atoms with Gasteiger partial charge in [-0.2, -0.15) is 5.10 Å². The van der Waals surface area contributed by atoms with E-state index in [0.717, 1.165) is 5.82 Å². The molecule has 0 bridgehead atoms. The van der Waals surface area contributed by atoms with E-state index in [0.29, 0.717) is 6.04 Å². The molecule has 0 atom stereocenters. The summed E-state index contributed by atoms with van der Waals surface area (Å²) in [6.07, 6.45) is 2.54. The summed E-state index contributed by atoms with van der Waals surface area (Å²) in [4.78, 5) is 0. The Bertz CT molecular complexity index is 621. The molecule has 3 heteroatoms. The van der Waals surface area contributed by atoms with Crippen LogP contribution >= 0.6 is 0 Å². The Balaban J connectivity index is 2.00. The molecule has 1 N–H and O–H groups in total. The van der Waals surface area contributed by atoms with Crippen molar-refractivity contribution >= 4 is 5.82 Å². The van der Waals surface area contributed by atoms with E-state index in [9.17, 15) is 0 Å². The lowest BCUT2D eigenvalue weighted by molar-refractivity contribution is 0.775. The summed E-state index contributed by atoms with van der Waals surface area (Å²) in [6.45, 7) is 6.50. The highest BCUT2D eigenvalue weighted by Crippen LogP contribution is 2.30. The second-order valence-electron chi connectivity index (χ2n) is 5.71. The number of aryl methyl sites for hydroxylation is 4. The minimum atomic E-state index is 0.642. The molecule has 0 unspecified atom stereocenters. The van der Waals surface area contributed by atoms with Crippen molar-refractivity contribution in [1.29, 1.82) is 0 Å². The van der Waals surface area contributed by atoms with Gasteiger partial charge >= 0.3 is 0 Å². The molecular weight excluding hydrogens is 234 g/mol. The van der Waals surface area contributed by atoms with Gasteiger partial charge in [-0.3, -0.25) is 4.68 Å². The quantitative estimate of drug-likeness (QED) is 0.908. The molecule has 0 aliphatic heterocycles. The van der Waals surface area contributed by atoms with Gasteiger partial charge in [0.15, 0.2) is 0 Å². The molecule has 100 valence electrons. The number of benzene rings is 1. The van der Waals surface area contributed by atoms with Crippen LogP contribution in [-0.4, -0.2) is 15.8 Å². The molecule has 3 nitrogen and oxygen atoms in total. The number of hydrogen-bond donors (Lipinski definition) is 1. The van der Waals surface area contributed by atoms with E-state index >= 15 is 0 Å². The second-order valence-corrected chi connectivity index (χ2v) is 5.71. The summed E-state index contributed by atoms with van der Waals surface area (Å²) < 4.78 is 1.97. The maximum absolute atomic E-state index is 4.57. The third kappa shape index (κ3) is 2.37. The fraction of sp³-hybridized carbons (Fsp3) is 0.438. The first-order valence-corrected chi connectivity index (χ1v) is 6.93. The van der Waals surface area contributed by atoms with Gasteiger partial charge in [-0.25, -0.2) is 0 Å². The molecule has 3 rings (SSSR count). The van der Waals surface area contributed by atoms with Crippen LogP contribution in [0.4, 0.5) is 5.82 Å². The summed E-state index contributed by atoms with van der Waals surface area (Å²) in [5.74, 6) is 0.998. The Hall–Kier alpha value is -1.77. The molecule has 1 fully saturated rings. The van der Waals surface area contributed by atoms with E-state index in [2.05, 4.69) is 49.4 Å². The molecule has 1 aromatic heterocycles. The molecule has 1 aliphatic carbocycles. The molecule has 2 aromatic rings. The topological polar surface area (TPSA) is 29.9 Å². The van der Waals surface area contributed by atoms with E-state index in [-0.39, 0.29) is 0 Å². The molecule has 0 amide bonds. The van der Waals surface area contributed by atoms with Crippen molar-refractivity contribution < 1.29 is 0 Å². The van der Waals surface area contributed by atoms with Crippen molar-refractivity contribution in [3.63, 3.8) is 0 Å². The number of hydrogen-bond acceptors (Lipinski definition) is 2. The molecule has 0 spiro atoms. The van der Waals surface area contributed by atoms with E-state index in [1.807, 2.05) is 11.7 Å². The third-order valence-electron chi connectivity index (χ3n) is 3.93. The van der Waals surface area contributed by atoms with E-state index < -0.39 is 0 Å². The second kappa shape index (κ2) is 4.41. The average molecular weight is 255 g/mol. The predicted molar refractivity (Wildman–Crippen MR) is 79.5 cm³/mol. The summed E-state index contributed by atoms with van der Waals surface area (Å²) in [5.41, 5.74) is 6.45. The standard InChI is InChI=1S/C16H21N3/c1-10-7-12(3)14(8-11(10)2)15-9-16(18-19(15)4)17-13-5-6-13/h7-9,13H,5-6H2,1-4H3,(H,17,18). The fourth-order valence-electron chi connectivity index (χ4n) is 2.46. The van der Waals surface area contributed by atoms with E-state index in [4.69, 9.17) is 0 Å². The monoisotopic (exact) mass is 255 g/mol. The van der Waals surface area contributed by atoms with Crippen molar-refractivity contribution in [3.8, 4) is 11.3 Å². The summed E-state index contributed by atoms with van der Waals surface area (Å²) in [7, 11) is 2.02. The minimum absolute atomic E-state index is 0.642. The van der Waals surface area contributed by atoms with Gasteiger partial charge < -0.3 is 5.32 Å². The zero-order valence-corrected chi connectivity index (χ0v) is 12.1. The average Bonchev–Trinajstić information content (AvgIpc) is 3.07. The Kier molecular flexibility index (Phi) is 2.85. The van der Waals surface area contributed by atoms with Gasteiger partial charge in [0, 0.05) is 24.7 Å². The number of anilines is 1. The molecule has 0 radical (unpaired) electrons. The molecule has 1 aromatic carbocycles. The van der Waals surface area contributed by atoms with Gasteiger partial charge in [-0.1, -0.05) is 6.07 Å². The van der Waals surface area contributed by atoms with Crippen LogP contribution in [-0.2, 0) is 7.05 Å². The number of nitrogens with one attached hydrogen (secondary N) is 1. The first-order chi connectivity index (χ1) is 9.04. The molecule has 0 saturated heterocycles. The van der Waals surface area contributed by atoms with Crippen LogP contribution in [0.25, 0.3) is 11.3 Å². The highest BCUT2D eigenvalue weighted by Gasteiger charge is 2.22. The van der Waals surface area contributed by atoms with Gasteiger partial charge in [0.05, 0.1) is 5.69 Å². The lowest BCUT2D eigenvalue weighted by Crippen LogP contribution is -2.02. The van der Waals surface area contributed by atoms with Gasteiger partial charge in [-0.05, 0) is 56.4 Å². The lowest BCUT2D eigenvalue weighted by atomic mass is 9.99. The van der Waals surface area contributed by atoms with Crippen molar-refractivity contribution in [2.45, 2.75) is 39.7 Å². The highest BCUT2D eigenvalue weighted by molar-refractivity contribution is 5.68. The maximum Gasteiger partial charge on any atom is 0.148 e. The third-order valence-corrected chi connectivity index (χ3v) is 3.93. The van der Waals surface area contributed by atoms with E-state index in [1.54, 1.807) is 0 Å². The van der Waals surface area contributed by atoms with Crippen LogP contribution < -0.4 is 5.32 Å². The largest absolute Gasteiger partial charge is 0.366 e. The number of rotatable bonds is 3. The molecular formula is C16H21N3. The van der Waals surface area contributed by atoms with Crippen molar-refractivity contribution in [1.82, 2.24) is 9.78 Å². The fourth-order valence-corrected chi connectivity index (χ4v) is 2.46. The number of aromatic nitrogens is 2. The Labute approximate surface area is 114 Å². The zero-order chi connectivity index (χ0) is 13.6. The Morgan fingerprint density at radius 3 is 2.42 bits per heavy atom. The van der Waals surface area contributed by atoms with Crippen LogP contribution in [0.3, 0.4) is 0 Å². The van der Waals surface area contributed by atoms with Crippen molar-refractivity contribution in [3.05, 3.63) is 34.9 Å². The van der Waals surface area contributed by atoms with Crippen LogP contribution in [0.15, 0.2) is 18.2 Å². The zero-order valence-electron chi connectivity index (χ0n) is 12.1. The minimum Gasteiger partial charge on any atom is -0.366 e. The Morgan fingerprint density at radius 2 is 1.74 bits per heavy atom. The van der Waals surface area contributed by atoms with Gasteiger partial charge in [-0.15, -0.1) is 0 Å². The van der Waals surface area contributed by atoms with Gasteiger partial charge in [0.1, 0.15) is 5.82 Å². The molecule has 1 heterocycles. The highest BCUT2D eigenvalue weighted by atomic mass is 15.3. The maximum atomic E-state index is 4.57. The smallest absolute Gasteiger partial charge is 0.148 e. The predicted octanol–water partition coefficient (Wildman–Crippen LogP) is 3.59. The van der Waals surface area contributed by atoms with Crippen LogP contribution in [0, 0.1) is 20.8 Å². The first kappa shape index (κ1) is 12.3. The van der Waals surface area contributed by atoms with E-state index in [1.165, 1.54) is 40.8 Å². The summed E-state index contributed by atoms with van der Waals surface area (Å²) in [6, 6.07) is 7.33. The van der Waals surface area contributed by atoms with Crippen molar-refractivity contribution in [2.75, 3.05) is 5.32 Å². The Morgan fingerprint density at radius 1 is 1.05 bits per heavy atom. The molecule has 1 aliphatic rings. The van der Waals surface area contributed by atoms with Gasteiger partial charge in [0.2, 0.25) is 0 Å². The van der Waals surface area contributed by atoms with Crippen molar-refractivity contribution in [2.24, 2.45) is 7.05 Å². The van der Waals surface area contributed by atoms with Crippen LogP contribution in [0.1, 0.15) is 29.5 Å². The first-order valence-electron chi connectivity index (χ1n) is 6.93. The number of nitrogens with zero attached hydrogens (tertiary/aromatic N) is 2. The SMILES string of the molecule is Cc1cc(C)c(-c2cc(NC3CC3)nn2C)cc1C. The summed E-state index contributed by atoms with van der Waals surface area (Å²) in [5, 5.41) is 8.03. The normalized spacial score (nSPS) is 14.7. The summed E-state index contributed by atoms with van der Waals surface area (Å²) >= 11 is 0.